The summed E-state index contributed by atoms with van der Waals surface area (Å²) in [7, 11) is 1.45. The van der Waals surface area contributed by atoms with Crippen molar-refractivity contribution in [3.8, 4) is 17.2 Å². The first-order valence-electron chi connectivity index (χ1n) is 7.87. The van der Waals surface area contributed by atoms with Crippen LogP contribution >= 0.6 is 0 Å². The number of hydrogen-bond acceptors (Lipinski definition) is 7. The van der Waals surface area contributed by atoms with Gasteiger partial charge in [0.2, 0.25) is 6.79 Å². The van der Waals surface area contributed by atoms with Crippen molar-refractivity contribution in [1.82, 2.24) is 10.3 Å². The van der Waals surface area contributed by atoms with Gasteiger partial charge < -0.3 is 14.2 Å². The van der Waals surface area contributed by atoms with E-state index in [1.54, 1.807) is 12.1 Å². The van der Waals surface area contributed by atoms with Gasteiger partial charge in [0.25, 0.3) is 11.8 Å². The first-order valence-corrected chi connectivity index (χ1v) is 7.87. The normalized spacial score (nSPS) is 17.3. The molecular formula is C18H13N3O6. The molecule has 9 heteroatoms. The number of barbiturate groups is 1. The topological polar surface area (TPSA) is 107 Å². The lowest BCUT2D eigenvalue weighted by atomic mass is 10.1. The van der Waals surface area contributed by atoms with Gasteiger partial charge in [0, 0.05) is 24.0 Å². The second-order valence-corrected chi connectivity index (χ2v) is 5.61. The highest BCUT2D eigenvalue weighted by molar-refractivity contribution is 6.39. The molecule has 4 rings (SSSR count). The van der Waals surface area contributed by atoms with E-state index in [4.69, 9.17) is 14.2 Å². The van der Waals surface area contributed by atoms with E-state index in [1.807, 2.05) is 0 Å². The third-order valence-corrected chi connectivity index (χ3v) is 4.05. The minimum absolute atomic E-state index is 0.0717. The lowest BCUT2D eigenvalue weighted by molar-refractivity contribution is -0.122. The number of carbonyl (C=O) groups excluding carboxylic acids is 3. The molecule has 2 aromatic rings. The summed E-state index contributed by atoms with van der Waals surface area (Å²) in [6.45, 7) is 0.0717. The van der Waals surface area contributed by atoms with Crippen LogP contribution in [0.4, 0.5) is 10.5 Å². The Morgan fingerprint density at radius 3 is 2.56 bits per heavy atom. The fraction of sp³-hybridized carbons (Fsp3) is 0.111. The van der Waals surface area contributed by atoms with Crippen LogP contribution in [0.15, 0.2) is 42.2 Å². The molecule has 0 bridgehead atoms. The fourth-order valence-corrected chi connectivity index (χ4v) is 2.77. The molecule has 136 valence electrons. The summed E-state index contributed by atoms with van der Waals surface area (Å²) in [5.41, 5.74) is 0.511. The highest BCUT2D eigenvalue weighted by atomic mass is 16.7. The molecule has 4 amide bonds. The molecular weight excluding hydrogens is 354 g/mol. The Morgan fingerprint density at radius 1 is 1.15 bits per heavy atom. The van der Waals surface area contributed by atoms with Crippen LogP contribution in [0, 0.1) is 0 Å². The van der Waals surface area contributed by atoms with E-state index in [0.29, 0.717) is 28.5 Å². The van der Waals surface area contributed by atoms with E-state index in [2.05, 4.69) is 10.3 Å². The molecule has 0 atom stereocenters. The Morgan fingerprint density at radius 2 is 1.85 bits per heavy atom. The molecule has 2 aliphatic heterocycles. The van der Waals surface area contributed by atoms with Crippen LogP contribution in [-0.2, 0) is 9.59 Å². The predicted octanol–water partition coefficient (Wildman–Crippen LogP) is 1.49. The lowest BCUT2D eigenvalue weighted by Gasteiger charge is -2.26. The molecule has 27 heavy (non-hydrogen) atoms. The van der Waals surface area contributed by atoms with E-state index >= 15 is 0 Å². The number of nitrogens with one attached hydrogen (secondary N) is 1. The number of benzene rings is 1. The van der Waals surface area contributed by atoms with E-state index in [0.717, 1.165) is 4.90 Å². The number of methoxy groups -OCH3 is 1. The number of ether oxygens (including phenoxy) is 3. The molecule has 0 aliphatic carbocycles. The molecule has 0 saturated carbocycles. The Bertz CT molecular complexity index is 986. The predicted molar refractivity (Wildman–Crippen MR) is 92.4 cm³/mol. The molecule has 1 N–H and O–H groups in total. The zero-order valence-corrected chi connectivity index (χ0v) is 14.1. The Labute approximate surface area is 153 Å². The molecule has 0 spiro atoms. The SMILES string of the molecule is COc1cc2c(cc1/C=C1\C(=O)NC(=O)N(c3ccncc3)C1=O)OCO2. The first kappa shape index (κ1) is 16.6. The Balaban J connectivity index is 1.77. The highest BCUT2D eigenvalue weighted by Crippen LogP contribution is 2.39. The fourth-order valence-electron chi connectivity index (χ4n) is 2.77. The highest BCUT2D eigenvalue weighted by Gasteiger charge is 2.37. The van der Waals surface area contributed by atoms with Gasteiger partial charge >= 0.3 is 6.03 Å². The molecule has 3 heterocycles. The van der Waals surface area contributed by atoms with Crippen LogP contribution in [0.2, 0.25) is 0 Å². The summed E-state index contributed by atoms with van der Waals surface area (Å²) in [6.07, 6.45) is 4.23. The van der Waals surface area contributed by atoms with Gasteiger partial charge in [0.05, 0.1) is 12.8 Å². The van der Waals surface area contributed by atoms with Crippen LogP contribution in [0.1, 0.15) is 5.56 Å². The summed E-state index contributed by atoms with van der Waals surface area (Å²) >= 11 is 0. The molecule has 9 nitrogen and oxygen atoms in total. The number of pyridine rings is 1. The number of fused-ring (bicyclic) bond motifs is 1. The first-order chi connectivity index (χ1) is 13.1. The Hall–Kier alpha value is -3.88. The molecule has 2 aliphatic rings. The average molecular weight is 367 g/mol. The maximum atomic E-state index is 12.8. The lowest BCUT2D eigenvalue weighted by Crippen LogP contribution is -2.54. The van der Waals surface area contributed by atoms with Crippen LogP contribution in [0.5, 0.6) is 17.2 Å². The van der Waals surface area contributed by atoms with Crippen LogP contribution in [0.25, 0.3) is 6.08 Å². The maximum Gasteiger partial charge on any atom is 0.335 e. The number of hydrogen-bond donors (Lipinski definition) is 1. The van der Waals surface area contributed by atoms with Crippen molar-refractivity contribution in [2.45, 2.75) is 0 Å². The van der Waals surface area contributed by atoms with Gasteiger partial charge in [-0.15, -0.1) is 0 Å². The molecule has 1 aromatic carbocycles. The largest absolute Gasteiger partial charge is 0.496 e. The van der Waals surface area contributed by atoms with Crippen LogP contribution < -0.4 is 24.4 Å². The van der Waals surface area contributed by atoms with Gasteiger partial charge in [0.1, 0.15) is 11.3 Å². The molecule has 0 radical (unpaired) electrons. The van der Waals surface area contributed by atoms with Gasteiger partial charge in [0.15, 0.2) is 11.5 Å². The Kier molecular flexibility index (Phi) is 3.96. The molecule has 1 fully saturated rings. The van der Waals surface area contributed by atoms with E-state index < -0.39 is 17.8 Å². The van der Waals surface area contributed by atoms with Crippen molar-refractivity contribution in [3.63, 3.8) is 0 Å². The van der Waals surface area contributed by atoms with Crippen molar-refractivity contribution < 1.29 is 28.6 Å². The number of urea groups is 1. The summed E-state index contributed by atoms with van der Waals surface area (Å²) in [4.78, 5) is 42.0. The van der Waals surface area contributed by atoms with Gasteiger partial charge in [-0.25, -0.2) is 9.69 Å². The quantitative estimate of drug-likeness (QED) is 0.647. The average Bonchev–Trinajstić information content (AvgIpc) is 3.12. The third-order valence-electron chi connectivity index (χ3n) is 4.05. The van der Waals surface area contributed by atoms with Crippen molar-refractivity contribution in [1.29, 1.82) is 0 Å². The maximum absolute atomic E-state index is 12.8. The molecule has 1 saturated heterocycles. The van der Waals surface area contributed by atoms with Crippen molar-refractivity contribution >= 4 is 29.6 Å². The minimum atomic E-state index is -0.828. The number of anilines is 1. The monoisotopic (exact) mass is 367 g/mol. The van der Waals surface area contributed by atoms with Crippen molar-refractivity contribution in [2.24, 2.45) is 0 Å². The van der Waals surface area contributed by atoms with Gasteiger partial charge in [-0.1, -0.05) is 0 Å². The number of nitrogens with zero attached hydrogens (tertiary/aromatic N) is 2. The second kappa shape index (κ2) is 6.45. The van der Waals surface area contributed by atoms with Crippen molar-refractivity contribution in [2.75, 3.05) is 18.8 Å². The van der Waals surface area contributed by atoms with Crippen molar-refractivity contribution in [3.05, 3.63) is 47.8 Å². The van der Waals surface area contributed by atoms with Gasteiger partial charge in [-0.2, -0.15) is 0 Å². The summed E-state index contributed by atoms with van der Waals surface area (Å²) in [5.74, 6) is -0.195. The number of imide groups is 2. The van der Waals surface area contributed by atoms with Gasteiger partial charge in [-0.05, 0) is 24.3 Å². The number of rotatable bonds is 3. The standard InChI is InChI=1S/C18H13N3O6/c1-25-13-8-15-14(26-9-27-15)7-10(13)6-12-16(22)20-18(24)21(17(12)23)11-2-4-19-5-3-11/h2-8H,9H2,1H3,(H,20,22,24)/b12-6+. The second-order valence-electron chi connectivity index (χ2n) is 5.61. The number of amides is 4. The summed E-state index contributed by atoms with van der Waals surface area (Å²) in [6, 6.07) is 5.36. The van der Waals surface area contributed by atoms with E-state index in [1.165, 1.54) is 37.7 Å². The molecule has 1 aromatic heterocycles. The number of carbonyl (C=O) groups is 3. The third kappa shape index (κ3) is 2.84. The van der Waals surface area contributed by atoms with Crippen LogP contribution in [-0.4, -0.2) is 36.7 Å². The van der Waals surface area contributed by atoms with Crippen LogP contribution in [0.3, 0.4) is 0 Å². The summed E-state index contributed by atoms with van der Waals surface area (Å²) in [5, 5.41) is 2.16. The minimum Gasteiger partial charge on any atom is -0.496 e. The van der Waals surface area contributed by atoms with E-state index in [-0.39, 0.29) is 12.4 Å². The van der Waals surface area contributed by atoms with E-state index in [9.17, 15) is 14.4 Å². The summed E-state index contributed by atoms with van der Waals surface area (Å²) < 4.78 is 15.9. The number of aromatic nitrogens is 1. The molecule has 0 unspecified atom stereocenters. The van der Waals surface area contributed by atoms with Gasteiger partial charge in [-0.3, -0.25) is 19.9 Å². The zero-order chi connectivity index (χ0) is 19.0. The zero-order valence-electron chi connectivity index (χ0n) is 14.1. The smallest absolute Gasteiger partial charge is 0.335 e.